The number of benzene rings is 5. The highest BCUT2D eigenvalue weighted by Gasteiger charge is 2.14. The van der Waals surface area contributed by atoms with E-state index in [1.54, 1.807) is 34.9 Å². The van der Waals surface area contributed by atoms with Gasteiger partial charge < -0.3 is 0 Å². The predicted octanol–water partition coefficient (Wildman–Crippen LogP) is 6.34. The van der Waals surface area contributed by atoms with Crippen molar-refractivity contribution in [2.75, 3.05) is 0 Å². The van der Waals surface area contributed by atoms with E-state index < -0.39 is 5.69 Å². The first-order chi connectivity index (χ1) is 20.6. The molecule has 6 aromatic rings. The van der Waals surface area contributed by atoms with Gasteiger partial charge in [-0.3, -0.25) is 13.9 Å². The third-order valence-electron chi connectivity index (χ3n) is 7.44. The van der Waals surface area contributed by atoms with Crippen molar-refractivity contribution in [3.63, 3.8) is 0 Å². The number of nitrogens with zero attached hydrogens (tertiary/aromatic N) is 4. The molecule has 200 valence electrons. The topological polar surface area (TPSA) is 91.6 Å². The van der Waals surface area contributed by atoms with E-state index in [-0.39, 0.29) is 18.6 Å². The fourth-order valence-corrected chi connectivity index (χ4v) is 5.27. The SMILES string of the molecule is N#Cc1ccccc1-c1ccc(Cn2c(=O)c3ccccc3n(Cc3ccc(-c4ccccc4C#N)cc3)c2=O)cc1. The van der Waals surface area contributed by atoms with Crippen LogP contribution in [0.15, 0.2) is 131 Å². The molecule has 0 saturated carbocycles. The minimum absolute atomic E-state index is 0.118. The van der Waals surface area contributed by atoms with Gasteiger partial charge in [-0.05, 0) is 57.6 Å². The molecule has 42 heavy (non-hydrogen) atoms. The van der Waals surface area contributed by atoms with Gasteiger partial charge in [-0.1, -0.05) is 97.1 Å². The van der Waals surface area contributed by atoms with Crippen LogP contribution in [0, 0.1) is 22.7 Å². The lowest BCUT2D eigenvalue weighted by atomic mass is 9.99. The summed E-state index contributed by atoms with van der Waals surface area (Å²) < 4.78 is 2.91. The third kappa shape index (κ3) is 4.90. The summed E-state index contributed by atoms with van der Waals surface area (Å²) in [5.41, 5.74) is 6.21. The first-order valence-corrected chi connectivity index (χ1v) is 13.5. The van der Waals surface area contributed by atoms with Gasteiger partial charge in [-0.25, -0.2) is 4.79 Å². The molecule has 5 aromatic carbocycles. The standard InChI is InChI=1S/C36H24N4O2/c37-21-29-7-1-3-9-31(29)27-17-13-25(14-18-27)23-39-34-12-6-5-11-33(34)35(41)40(36(39)42)24-26-15-19-28(20-16-26)32-10-4-2-8-30(32)22-38/h1-20H,23-24H2. The molecule has 0 radical (unpaired) electrons. The van der Waals surface area contributed by atoms with Crippen LogP contribution in [0.2, 0.25) is 0 Å². The van der Waals surface area contributed by atoms with E-state index in [1.165, 1.54) is 4.57 Å². The molecule has 0 atom stereocenters. The largest absolute Gasteiger partial charge is 0.332 e. The number of aromatic nitrogens is 2. The van der Waals surface area contributed by atoms with Crippen LogP contribution < -0.4 is 11.2 Å². The van der Waals surface area contributed by atoms with E-state index in [4.69, 9.17) is 0 Å². The Kier molecular flexibility index (Phi) is 7.03. The third-order valence-corrected chi connectivity index (χ3v) is 7.44. The monoisotopic (exact) mass is 544 g/mol. The highest BCUT2D eigenvalue weighted by Crippen LogP contribution is 2.25. The Morgan fingerprint density at radius 3 is 1.50 bits per heavy atom. The first-order valence-electron chi connectivity index (χ1n) is 13.5. The molecule has 0 saturated heterocycles. The van der Waals surface area contributed by atoms with Crippen molar-refractivity contribution in [2.45, 2.75) is 13.1 Å². The van der Waals surface area contributed by atoms with E-state index in [2.05, 4.69) is 12.1 Å². The van der Waals surface area contributed by atoms with Crippen LogP contribution in [0.5, 0.6) is 0 Å². The number of para-hydroxylation sites is 1. The van der Waals surface area contributed by atoms with Gasteiger partial charge in [0, 0.05) is 0 Å². The van der Waals surface area contributed by atoms with Crippen LogP contribution in [0.1, 0.15) is 22.3 Å². The van der Waals surface area contributed by atoms with Crippen LogP contribution in [0.3, 0.4) is 0 Å². The Labute approximate surface area is 242 Å². The Morgan fingerprint density at radius 1 is 0.524 bits per heavy atom. The van der Waals surface area contributed by atoms with Crippen molar-refractivity contribution in [1.29, 1.82) is 10.5 Å². The quantitative estimate of drug-likeness (QED) is 0.245. The second-order valence-electron chi connectivity index (χ2n) is 9.99. The smallest absolute Gasteiger partial charge is 0.289 e. The van der Waals surface area contributed by atoms with E-state index in [9.17, 15) is 20.1 Å². The summed E-state index contributed by atoms with van der Waals surface area (Å²) in [6, 6.07) is 41.8. The first kappa shape index (κ1) is 26.3. The Morgan fingerprint density at radius 2 is 0.976 bits per heavy atom. The highest BCUT2D eigenvalue weighted by atomic mass is 16.2. The average molecular weight is 545 g/mol. The zero-order valence-corrected chi connectivity index (χ0v) is 22.6. The molecule has 6 rings (SSSR count). The maximum absolute atomic E-state index is 13.8. The zero-order valence-electron chi connectivity index (χ0n) is 22.6. The maximum Gasteiger partial charge on any atom is 0.332 e. The van der Waals surface area contributed by atoms with Crippen LogP contribution in [0.25, 0.3) is 33.2 Å². The van der Waals surface area contributed by atoms with Gasteiger partial charge in [-0.2, -0.15) is 10.5 Å². The lowest BCUT2D eigenvalue weighted by Crippen LogP contribution is -2.40. The zero-order chi connectivity index (χ0) is 29.1. The second kappa shape index (κ2) is 11.3. The molecule has 0 amide bonds. The summed E-state index contributed by atoms with van der Waals surface area (Å²) in [7, 11) is 0. The van der Waals surface area contributed by atoms with Crippen molar-refractivity contribution in [1.82, 2.24) is 9.13 Å². The van der Waals surface area contributed by atoms with E-state index in [0.29, 0.717) is 22.0 Å². The van der Waals surface area contributed by atoms with Crippen LogP contribution in [-0.2, 0) is 13.1 Å². The van der Waals surface area contributed by atoms with Gasteiger partial charge in [0.25, 0.3) is 5.56 Å². The van der Waals surface area contributed by atoms with Gasteiger partial charge in [0.1, 0.15) is 0 Å². The molecule has 1 heterocycles. The molecule has 0 N–H and O–H groups in total. The molecule has 0 aliphatic rings. The fraction of sp³-hybridized carbons (Fsp3) is 0.0556. The van der Waals surface area contributed by atoms with Crippen molar-refractivity contribution < 1.29 is 0 Å². The summed E-state index contributed by atoms with van der Waals surface area (Å²) in [4.78, 5) is 27.3. The van der Waals surface area contributed by atoms with Gasteiger partial charge in [0.05, 0.1) is 47.3 Å². The molecule has 0 bridgehead atoms. The minimum atomic E-state index is -0.392. The van der Waals surface area contributed by atoms with E-state index in [0.717, 1.165) is 33.4 Å². The fourth-order valence-electron chi connectivity index (χ4n) is 5.27. The summed E-state index contributed by atoms with van der Waals surface area (Å²) in [5.74, 6) is 0. The maximum atomic E-state index is 13.8. The molecule has 0 unspecified atom stereocenters. The average Bonchev–Trinajstić information content (AvgIpc) is 3.05. The Bertz CT molecular complexity index is 2140. The van der Waals surface area contributed by atoms with Crippen LogP contribution >= 0.6 is 0 Å². The normalized spacial score (nSPS) is 10.7. The number of hydrogen-bond acceptors (Lipinski definition) is 4. The molecule has 0 fully saturated rings. The number of hydrogen-bond donors (Lipinski definition) is 0. The second-order valence-corrected chi connectivity index (χ2v) is 9.99. The van der Waals surface area contributed by atoms with Crippen molar-refractivity contribution in [3.8, 4) is 34.4 Å². The van der Waals surface area contributed by atoms with Crippen molar-refractivity contribution in [2.24, 2.45) is 0 Å². The summed E-state index contributed by atoms with van der Waals surface area (Å²) in [6.45, 7) is 0.399. The molecular formula is C36H24N4O2. The molecule has 0 aliphatic heterocycles. The van der Waals surface area contributed by atoms with Crippen molar-refractivity contribution in [3.05, 3.63) is 164 Å². The van der Waals surface area contributed by atoms with Gasteiger partial charge in [0.15, 0.2) is 0 Å². The number of nitriles is 2. The highest BCUT2D eigenvalue weighted by molar-refractivity contribution is 5.78. The minimum Gasteiger partial charge on any atom is -0.289 e. The summed E-state index contributed by atoms with van der Waals surface area (Å²) >= 11 is 0. The molecule has 6 heteroatoms. The van der Waals surface area contributed by atoms with E-state index >= 15 is 0 Å². The summed E-state index contributed by atoms with van der Waals surface area (Å²) in [5, 5.41) is 19.4. The number of fused-ring (bicyclic) bond motifs is 1. The molecular weight excluding hydrogens is 520 g/mol. The Balaban J connectivity index is 1.35. The van der Waals surface area contributed by atoms with Gasteiger partial charge >= 0.3 is 5.69 Å². The van der Waals surface area contributed by atoms with Gasteiger partial charge in [0.2, 0.25) is 0 Å². The summed E-state index contributed by atoms with van der Waals surface area (Å²) in [6.07, 6.45) is 0. The molecule has 1 aromatic heterocycles. The van der Waals surface area contributed by atoms with Crippen molar-refractivity contribution >= 4 is 10.9 Å². The molecule has 0 spiro atoms. The molecule has 0 aliphatic carbocycles. The number of rotatable bonds is 6. The lowest BCUT2D eigenvalue weighted by Gasteiger charge is -2.15. The van der Waals surface area contributed by atoms with E-state index in [1.807, 2.05) is 91.0 Å². The predicted molar refractivity (Wildman–Crippen MR) is 164 cm³/mol. The van der Waals surface area contributed by atoms with Crippen LogP contribution in [0.4, 0.5) is 0 Å². The Hall–Kier alpha value is -5.98. The molecule has 6 nitrogen and oxygen atoms in total. The lowest BCUT2D eigenvalue weighted by molar-refractivity contribution is 0.635. The van der Waals surface area contributed by atoms with Gasteiger partial charge in [-0.15, -0.1) is 0 Å². The van der Waals surface area contributed by atoms with Crippen LogP contribution in [-0.4, -0.2) is 9.13 Å².